The van der Waals surface area contributed by atoms with Crippen LogP contribution in [0.25, 0.3) is 0 Å². The van der Waals surface area contributed by atoms with Crippen LogP contribution < -0.4 is 20.9 Å². The van der Waals surface area contributed by atoms with Crippen LogP contribution in [0.1, 0.15) is 16.2 Å². The summed E-state index contributed by atoms with van der Waals surface area (Å²) in [6, 6.07) is 9.18. The summed E-state index contributed by atoms with van der Waals surface area (Å²) in [4.78, 5) is 13.2. The summed E-state index contributed by atoms with van der Waals surface area (Å²) in [5.74, 6) is 5.89. The van der Waals surface area contributed by atoms with Crippen molar-refractivity contribution in [2.75, 3.05) is 19.1 Å². The van der Waals surface area contributed by atoms with Gasteiger partial charge < -0.3 is 14.2 Å². The van der Waals surface area contributed by atoms with E-state index in [1.54, 1.807) is 13.2 Å². The van der Waals surface area contributed by atoms with Crippen LogP contribution in [0.4, 0.5) is 5.69 Å². The Morgan fingerprint density at radius 1 is 1.50 bits per heavy atom. The van der Waals surface area contributed by atoms with Gasteiger partial charge in [-0.25, -0.2) is 5.84 Å². The number of ether oxygens (including phenoxy) is 1. The van der Waals surface area contributed by atoms with Gasteiger partial charge in [-0.3, -0.25) is 10.2 Å². The molecule has 106 valence electrons. The number of rotatable bonds is 5. The van der Waals surface area contributed by atoms with Crippen molar-refractivity contribution in [2.45, 2.75) is 6.54 Å². The minimum Gasteiger partial charge on any atom is -0.497 e. The summed E-state index contributed by atoms with van der Waals surface area (Å²) >= 11 is 0. The fraction of sp³-hybridized carbons (Fsp3) is 0.231. The molecule has 7 heteroatoms. The van der Waals surface area contributed by atoms with E-state index in [2.05, 4.69) is 5.16 Å². The normalized spacial score (nSPS) is 10.2. The van der Waals surface area contributed by atoms with Gasteiger partial charge in [-0.15, -0.1) is 0 Å². The molecule has 0 radical (unpaired) electrons. The van der Waals surface area contributed by atoms with Crippen LogP contribution in [0.2, 0.25) is 0 Å². The fourth-order valence-electron chi connectivity index (χ4n) is 1.74. The molecule has 20 heavy (non-hydrogen) atoms. The molecule has 7 nitrogen and oxygen atoms in total. The number of nitrogen functional groups attached to an aromatic ring is 1. The number of nitrogens with one attached hydrogen (secondary N) is 1. The second-order valence-corrected chi connectivity index (χ2v) is 4.21. The molecule has 1 aromatic carbocycles. The third-order valence-electron chi connectivity index (χ3n) is 2.81. The van der Waals surface area contributed by atoms with E-state index in [9.17, 15) is 4.79 Å². The Morgan fingerprint density at radius 2 is 2.30 bits per heavy atom. The average molecular weight is 276 g/mol. The molecule has 0 aliphatic rings. The first-order valence-electron chi connectivity index (χ1n) is 5.95. The number of benzene rings is 1. The number of aromatic nitrogens is 1. The zero-order chi connectivity index (χ0) is 14.5. The molecule has 2 rings (SSSR count). The highest BCUT2D eigenvalue weighted by Crippen LogP contribution is 2.21. The Hall–Kier alpha value is -2.54. The molecule has 0 saturated heterocycles. The van der Waals surface area contributed by atoms with Gasteiger partial charge in [-0.2, -0.15) is 0 Å². The number of methoxy groups -OCH3 is 1. The third-order valence-corrected chi connectivity index (χ3v) is 2.81. The molecule has 0 fully saturated rings. The molecule has 1 heterocycles. The molecule has 3 N–H and O–H groups in total. The number of amides is 1. The highest BCUT2D eigenvalue weighted by atomic mass is 16.5. The van der Waals surface area contributed by atoms with Crippen LogP contribution in [0, 0.1) is 0 Å². The Kier molecular flexibility index (Phi) is 4.21. The first-order chi connectivity index (χ1) is 9.63. The van der Waals surface area contributed by atoms with Crippen LogP contribution in [-0.4, -0.2) is 25.2 Å². The second-order valence-electron chi connectivity index (χ2n) is 4.21. The smallest absolute Gasteiger partial charge is 0.287 e. The molecule has 0 aliphatic carbocycles. The molecule has 0 bridgehead atoms. The number of carbonyl (C=O) groups is 1. The number of hydrogen-bond donors (Lipinski definition) is 2. The fourth-order valence-corrected chi connectivity index (χ4v) is 1.74. The van der Waals surface area contributed by atoms with Gasteiger partial charge in [0.15, 0.2) is 11.5 Å². The summed E-state index contributed by atoms with van der Waals surface area (Å²) < 4.78 is 10.3. The van der Waals surface area contributed by atoms with Crippen LogP contribution in [0.15, 0.2) is 34.9 Å². The van der Waals surface area contributed by atoms with Crippen molar-refractivity contribution in [1.29, 1.82) is 0 Å². The number of hydrogen-bond acceptors (Lipinski definition) is 6. The van der Waals surface area contributed by atoms with E-state index in [1.165, 1.54) is 0 Å². The quantitative estimate of drug-likeness (QED) is 0.479. The minimum atomic E-state index is -0.482. The molecule has 1 amide bonds. The molecule has 0 saturated carbocycles. The maximum Gasteiger partial charge on any atom is 0.287 e. The van der Waals surface area contributed by atoms with Gasteiger partial charge in [-0.1, -0.05) is 11.2 Å². The van der Waals surface area contributed by atoms with Crippen molar-refractivity contribution in [2.24, 2.45) is 5.84 Å². The van der Waals surface area contributed by atoms with Crippen molar-refractivity contribution in [3.63, 3.8) is 0 Å². The number of carbonyl (C=O) groups excluding carboxylic acids is 1. The molecular formula is C13H16N4O3. The Morgan fingerprint density at radius 3 is 3.00 bits per heavy atom. The molecule has 2 aromatic rings. The van der Waals surface area contributed by atoms with E-state index in [0.29, 0.717) is 12.3 Å². The van der Waals surface area contributed by atoms with Gasteiger partial charge in [0.2, 0.25) is 0 Å². The topological polar surface area (TPSA) is 93.6 Å². The van der Waals surface area contributed by atoms with E-state index in [4.69, 9.17) is 15.1 Å². The Balaban J connectivity index is 2.08. The molecule has 1 aromatic heterocycles. The lowest BCUT2D eigenvalue weighted by atomic mass is 10.2. The minimum absolute atomic E-state index is 0.154. The highest BCUT2D eigenvalue weighted by molar-refractivity contribution is 5.91. The van der Waals surface area contributed by atoms with E-state index in [1.807, 2.05) is 41.6 Å². The summed E-state index contributed by atoms with van der Waals surface area (Å²) in [7, 11) is 3.52. The van der Waals surface area contributed by atoms with Crippen LogP contribution >= 0.6 is 0 Å². The van der Waals surface area contributed by atoms with Gasteiger partial charge >= 0.3 is 0 Å². The zero-order valence-electron chi connectivity index (χ0n) is 11.3. The predicted octanol–water partition coefficient (Wildman–Crippen LogP) is 0.923. The van der Waals surface area contributed by atoms with Crippen molar-refractivity contribution in [3.05, 3.63) is 41.8 Å². The largest absolute Gasteiger partial charge is 0.497 e. The van der Waals surface area contributed by atoms with Crippen LogP contribution in [-0.2, 0) is 6.54 Å². The summed E-state index contributed by atoms with van der Waals surface area (Å²) in [5.41, 5.74) is 3.12. The van der Waals surface area contributed by atoms with Crippen molar-refractivity contribution >= 4 is 11.6 Å². The summed E-state index contributed by atoms with van der Waals surface area (Å²) in [5, 5.41) is 3.65. The first kappa shape index (κ1) is 13.9. The average Bonchev–Trinajstić information content (AvgIpc) is 2.95. The second kappa shape index (κ2) is 6.07. The predicted molar refractivity (Wildman–Crippen MR) is 73.3 cm³/mol. The zero-order valence-corrected chi connectivity index (χ0v) is 11.3. The third kappa shape index (κ3) is 3.07. The van der Waals surface area contributed by atoms with Gasteiger partial charge in [0, 0.05) is 24.9 Å². The Labute approximate surface area is 116 Å². The number of nitrogens with zero attached hydrogens (tertiary/aromatic N) is 2. The number of anilines is 1. The number of hydrazine groups is 1. The van der Waals surface area contributed by atoms with Gasteiger partial charge in [0.05, 0.1) is 13.7 Å². The van der Waals surface area contributed by atoms with E-state index >= 15 is 0 Å². The number of nitrogens with two attached hydrogens (primary N) is 1. The molecule has 0 aliphatic heterocycles. The van der Waals surface area contributed by atoms with Crippen LogP contribution in [0.3, 0.4) is 0 Å². The highest BCUT2D eigenvalue weighted by Gasteiger charge is 2.13. The van der Waals surface area contributed by atoms with Crippen molar-refractivity contribution < 1.29 is 14.1 Å². The van der Waals surface area contributed by atoms with Crippen LogP contribution in [0.5, 0.6) is 5.75 Å². The van der Waals surface area contributed by atoms with E-state index < -0.39 is 5.91 Å². The van der Waals surface area contributed by atoms with E-state index in [-0.39, 0.29) is 5.69 Å². The van der Waals surface area contributed by atoms with Gasteiger partial charge in [-0.05, 0) is 12.1 Å². The maximum absolute atomic E-state index is 11.3. The first-order valence-corrected chi connectivity index (χ1v) is 5.95. The van der Waals surface area contributed by atoms with Crippen molar-refractivity contribution in [1.82, 2.24) is 10.6 Å². The molecule has 0 spiro atoms. The maximum atomic E-state index is 11.3. The lowest BCUT2D eigenvalue weighted by Gasteiger charge is -2.18. The lowest BCUT2D eigenvalue weighted by molar-refractivity contribution is 0.0944. The summed E-state index contributed by atoms with van der Waals surface area (Å²) in [6.07, 6.45) is 0. The standard InChI is InChI=1S/C13H16N4O3/c1-17(9-4-3-5-10(6-9)19-2)8-11-7-12(16-20-11)13(18)15-14/h3-7H,8,14H2,1-2H3,(H,15,18). The molecule has 0 unspecified atom stereocenters. The van der Waals surface area contributed by atoms with Crippen molar-refractivity contribution in [3.8, 4) is 5.75 Å². The Bertz CT molecular complexity index is 597. The monoisotopic (exact) mass is 276 g/mol. The molecular weight excluding hydrogens is 260 g/mol. The molecule has 0 atom stereocenters. The van der Waals surface area contributed by atoms with Gasteiger partial charge in [0.1, 0.15) is 5.75 Å². The SMILES string of the molecule is COc1cccc(N(C)Cc2cc(C(=O)NN)no2)c1. The lowest BCUT2D eigenvalue weighted by Crippen LogP contribution is -2.30. The van der Waals surface area contributed by atoms with Gasteiger partial charge in [0.25, 0.3) is 5.91 Å². The summed E-state index contributed by atoms with van der Waals surface area (Å²) in [6.45, 7) is 0.470. The van der Waals surface area contributed by atoms with E-state index in [0.717, 1.165) is 11.4 Å².